The summed E-state index contributed by atoms with van der Waals surface area (Å²) in [6, 6.07) is 7.94. The molecule has 0 radical (unpaired) electrons. The summed E-state index contributed by atoms with van der Waals surface area (Å²) < 4.78 is 5.59. The molecule has 0 saturated heterocycles. The Kier molecular flexibility index (Phi) is 7.72. The predicted molar refractivity (Wildman–Crippen MR) is 85.7 cm³/mol. The van der Waals surface area contributed by atoms with E-state index in [2.05, 4.69) is 26.1 Å². The molecule has 1 aromatic rings. The van der Waals surface area contributed by atoms with Crippen LogP contribution in [0, 0.1) is 0 Å². The molecule has 3 N–H and O–H groups in total. The summed E-state index contributed by atoms with van der Waals surface area (Å²) in [7, 11) is 0. The minimum absolute atomic E-state index is 0.140. The van der Waals surface area contributed by atoms with Crippen LogP contribution in [0.4, 0.5) is 0 Å². The smallest absolute Gasteiger partial charge is 0.119 e. The molecule has 120 valence electrons. The summed E-state index contributed by atoms with van der Waals surface area (Å²) in [6.45, 7) is 7.10. The lowest BCUT2D eigenvalue weighted by atomic mass is 9.95. The van der Waals surface area contributed by atoms with Crippen molar-refractivity contribution in [3.8, 4) is 5.75 Å². The predicted octanol–water partition coefficient (Wildman–Crippen LogP) is 2.13. The van der Waals surface area contributed by atoms with Gasteiger partial charge in [-0.2, -0.15) is 0 Å². The first-order chi connectivity index (χ1) is 10.0. The number of ether oxygens (including phenoxy) is 1. The van der Waals surface area contributed by atoms with Gasteiger partial charge >= 0.3 is 0 Å². The Morgan fingerprint density at radius 3 is 2.43 bits per heavy atom. The molecule has 2 unspecified atom stereocenters. The minimum atomic E-state index is -0.569. The fourth-order valence-corrected chi connectivity index (χ4v) is 2.07. The van der Waals surface area contributed by atoms with Crippen LogP contribution < -0.4 is 10.1 Å². The molecule has 0 fully saturated rings. The number of β-amino-alcohol motifs (C(OH)–C–C–N with tert-alkyl or cyclic N) is 1. The van der Waals surface area contributed by atoms with Gasteiger partial charge in [-0.1, -0.05) is 26.0 Å². The van der Waals surface area contributed by atoms with E-state index >= 15 is 0 Å². The highest BCUT2D eigenvalue weighted by atomic mass is 16.5. The van der Waals surface area contributed by atoms with Crippen molar-refractivity contribution in [2.24, 2.45) is 0 Å². The standard InChI is InChI=1S/C17H29NO3/c1-4-14-6-8-16(9-7-14)21-13-15(20)12-18-17(3,5-2)10-11-19/h6-9,15,18-20H,4-5,10-13H2,1-3H3. The molecule has 0 bridgehead atoms. The first-order valence-electron chi connectivity index (χ1n) is 7.78. The van der Waals surface area contributed by atoms with Crippen molar-refractivity contribution in [2.45, 2.75) is 51.7 Å². The largest absolute Gasteiger partial charge is 0.491 e. The SMILES string of the molecule is CCc1ccc(OCC(O)CNC(C)(CC)CCO)cc1. The second-order valence-electron chi connectivity index (χ2n) is 5.73. The number of hydrogen-bond acceptors (Lipinski definition) is 4. The Balaban J connectivity index is 2.34. The molecular formula is C17H29NO3. The average Bonchev–Trinajstić information content (AvgIpc) is 2.51. The van der Waals surface area contributed by atoms with Crippen LogP contribution in [0.15, 0.2) is 24.3 Å². The van der Waals surface area contributed by atoms with Gasteiger partial charge in [0.1, 0.15) is 18.5 Å². The fourth-order valence-electron chi connectivity index (χ4n) is 2.07. The number of benzene rings is 1. The molecule has 21 heavy (non-hydrogen) atoms. The second-order valence-corrected chi connectivity index (χ2v) is 5.73. The Morgan fingerprint density at radius 2 is 1.90 bits per heavy atom. The summed E-state index contributed by atoms with van der Waals surface area (Å²) in [5, 5.41) is 22.4. The van der Waals surface area contributed by atoms with Gasteiger partial charge in [0, 0.05) is 18.7 Å². The summed E-state index contributed by atoms with van der Waals surface area (Å²) in [5.41, 5.74) is 1.13. The van der Waals surface area contributed by atoms with E-state index in [1.54, 1.807) is 0 Å². The van der Waals surface area contributed by atoms with Crippen LogP contribution in [0.3, 0.4) is 0 Å². The molecule has 2 atom stereocenters. The topological polar surface area (TPSA) is 61.7 Å². The molecule has 0 spiro atoms. The van der Waals surface area contributed by atoms with Crippen molar-refractivity contribution in [1.29, 1.82) is 0 Å². The van der Waals surface area contributed by atoms with Crippen molar-refractivity contribution in [2.75, 3.05) is 19.8 Å². The van der Waals surface area contributed by atoms with Crippen LogP contribution in [0.1, 0.15) is 39.2 Å². The first-order valence-corrected chi connectivity index (χ1v) is 7.78. The zero-order chi connectivity index (χ0) is 15.7. The molecule has 0 amide bonds. The molecule has 4 nitrogen and oxygen atoms in total. The van der Waals surface area contributed by atoms with E-state index in [1.807, 2.05) is 24.3 Å². The van der Waals surface area contributed by atoms with Gasteiger partial charge in [0.15, 0.2) is 0 Å². The van der Waals surface area contributed by atoms with Gasteiger partial charge < -0.3 is 20.3 Å². The van der Waals surface area contributed by atoms with E-state index in [1.165, 1.54) is 5.56 Å². The maximum Gasteiger partial charge on any atom is 0.119 e. The summed E-state index contributed by atoms with van der Waals surface area (Å²) in [5.74, 6) is 0.778. The third-order valence-electron chi connectivity index (χ3n) is 3.98. The van der Waals surface area contributed by atoms with Gasteiger partial charge in [-0.25, -0.2) is 0 Å². The van der Waals surface area contributed by atoms with Crippen molar-refractivity contribution in [1.82, 2.24) is 5.32 Å². The van der Waals surface area contributed by atoms with E-state index in [4.69, 9.17) is 9.84 Å². The number of aliphatic hydroxyl groups excluding tert-OH is 2. The zero-order valence-corrected chi connectivity index (χ0v) is 13.4. The Morgan fingerprint density at radius 1 is 1.24 bits per heavy atom. The van der Waals surface area contributed by atoms with Crippen LogP contribution in [-0.4, -0.2) is 41.6 Å². The van der Waals surface area contributed by atoms with Crippen molar-refractivity contribution < 1.29 is 14.9 Å². The van der Waals surface area contributed by atoms with Crippen LogP contribution in [0.5, 0.6) is 5.75 Å². The lowest BCUT2D eigenvalue weighted by Crippen LogP contribution is -2.47. The molecule has 1 rings (SSSR count). The molecule has 0 aliphatic carbocycles. The van der Waals surface area contributed by atoms with Crippen LogP contribution in [0.2, 0.25) is 0 Å². The van der Waals surface area contributed by atoms with E-state index in [-0.39, 0.29) is 18.8 Å². The quantitative estimate of drug-likeness (QED) is 0.619. The highest BCUT2D eigenvalue weighted by Crippen LogP contribution is 2.14. The van der Waals surface area contributed by atoms with Gasteiger partial charge in [0.25, 0.3) is 0 Å². The lowest BCUT2D eigenvalue weighted by molar-refractivity contribution is 0.0934. The molecule has 0 aliphatic rings. The Hall–Kier alpha value is -1.10. The maximum atomic E-state index is 9.99. The van der Waals surface area contributed by atoms with Gasteiger partial charge in [-0.15, -0.1) is 0 Å². The first kappa shape index (κ1) is 18.0. The van der Waals surface area contributed by atoms with Gasteiger partial charge in [-0.05, 0) is 43.9 Å². The number of hydrogen-bond donors (Lipinski definition) is 3. The van der Waals surface area contributed by atoms with Crippen molar-refractivity contribution >= 4 is 0 Å². The van der Waals surface area contributed by atoms with Crippen molar-refractivity contribution in [3.05, 3.63) is 29.8 Å². The van der Waals surface area contributed by atoms with E-state index in [9.17, 15) is 5.11 Å². The van der Waals surface area contributed by atoms with Crippen molar-refractivity contribution in [3.63, 3.8) is 0 Å². The third kappa shape index (κ3) is 6.46. The molecular weight excluding hydrogens is 266 g/mol. The zero-order valence-electron chi connectivity index (χ0n) is 13.4. The summed E-state index contributed by atoms with van der Waals surface area (Å²) >= 11 is 0. The maximum absolute atomic E-state index is 9.99. The number of rotatable bonds is 10. The van der Waals surface area contributed by atoms with E-state index < -0.39 is 6.10 Å². The Bertz CT molecular complexity index is 394. The molecule has 0 heterocycles. The summed E-state index contributed by atoms with van der Waals surface area (Å²) in [4.78, 5) is 0. The van der Waals surface area contributed by atoms with Crippen LogP contribution in [0.25, 0.3) is 0 Å². The fraction of sp³-hybridized carbons (Fsp3) is 0.647. The highest BCUT2D eigenvalue weighted by Gasteiger charge is 2.21. The highest BCUT2D eigenvalue weighted by molar-refractivity contribution is 5.27. The molecule has 1 aromatic carbocycles. The van der Waals surface area contributed by atoms with Crippen LogP contribution in [-0.2, 0) is 6.42 Å². The molecule has 0 aliphatic heterocycles. The normalized spacial score (nSPS) is 15.5. The van der Waals surface area contributed by atoms with Crippen LogP contribution >= 0.6 is 0 Å². The number of aryl methyl sites for hydroxylation is 1. The second kappa shape index (κ2) is 9.03. The molecule has 0 saturated carbocycles. The monoisotopic (exact) mass is 295 g/mol. The summed E-state index contributed by atoms with van der Waals surface area (Å²) in [6.07, 6.45) is 2.02. The molecule has 4 heteroatoms. The average molecular weight is 295 g/mol. The Labute approximate surface area is 128 Å². The van der Waals surface area contributed by atoms with E-state index in [0.29, 0.717) is 13.0 Å². The van der Waals surface area contributed by atoms with Gasteiger partial charge in [-0.3, -0.25) is 0 Å². The molecule has 0 aromatic heterocycles. The number of aliphatic hydroxyl groups is 2. The van der Waals surface area contributed by atoms with Gasteiger partial charge in [0.05, 0.1) is 0 Å². The van der Waals surface area contributed by atoms with E-state index in [0.717, 1.165) is 18.6 Å². The number of nitrogens with one attached hydrogen (secondary N) is 1. The lowest BCUT2D eigenvalue weighted by Gasteiger charge is -2.30. The third-order valence-corrected chi connectivity index (χ3v) is 3.98. The minimum Gasteiger partial charge on any atom is -0.491 e. The van der Waals surface area contributed by atoms with Gasteiger partial charge in [0.2, 0.25) is 0 Å².